The molecule has 72 valence electrons. The molecular weight excluding hydrogens is 162 g/mol. The van der Waals surface area contributed by atoms with Crippen molar-refractivity contribution in [2.24, 2.45) is 0 Å². The lowest BCUT2D eigenvalue weighted by Crippen LogP contribution is -2.23. The van der Waals surface area contributed by atoms with Gasteiger partial charge in [-0.3, -0.25) is 4.68 Å². The fourth-order valence-corrected chi connectivity index (χ4v) is 2.00. The Balaban J connectivity index is 2.44. The van der Waals surface area contributed by atoms with Crippen molar-refractivity contribution in [1.29, 1.82) is 0 Å². The summed E-state index contributed by atoms with van der Waals surface area (Å²) in [6, 6.07) is 0.477. The maximum Gasteiger partial charge on any atom is 0.0797 e. The third kappa shape index (κ3) is 1.37. The minimum Gasteiger partial charge on any atom is -0.311 e. The van der Waals surface area contributed by atoms with E-state index in [9.17, 15) is 0 Å². The normalized spacial score (nSPS) is 16.3. The minimum atomic E-state index is 0.477. The predicted molar refractivity (Wildman–Crippen MR) is 52.8 cm³/mol. The van der Waals surface area contributed by atoms with E-state index in [4.69, 9.17) is 0 Å². The average molecular weight is 179 g/mol. The zero-order valence-corrected chi connectivity index (χ0v) is 8.59. The van der Waals surface area contributed by atoms with Gasteiger partial charge in [0.1, 0.15) is 0 Å². The largest absolute Gasteiger partial charge is 0.311 e. The van der Waals surface area contributed by atoms with E-state index in [2.05, 4.69) is 35.9 Å². The molecule has 1 aromatic heterocycles. The number of nitrogens with zero attached hydrogens (tertiary/aromatic N) is 2. The van der Waals surface area contributed by atoms with Crippen LogP contribution in [0.1, 0.15) is 36.8 Å². The standard InChI is InChI=1S/C10H17N3/c1-7(2)13-8(3)9-4-5-11-6-10(9)12-13/h7,11H,4-6H2,1-3H3. The molecule has 0 unspecified atom stereocenters. The van der Waals surface area contributed by atoms with E-state index in [1.807, 2.05) is 0 Å². The summed E-state index contributed by atoms with van der Waals surface area (Å²) >= 11 is 0. The van der Waals surface area contributed by atoms with Crippen LogP contribution in [-0.4, -0.2) is 16.3 Å². The van der Waals surface area contributed by atoms with Crippen LogP contribution < -0.4 is 5.32 Å². The molecule has 0 amide bonds. The van der Waals surface area contributed by atoms with Gasteiger partial charge in [-0.05, 0) is 39.3 Å². The van der Waals surface area contributed by atoms with Gasteiger partial charge >= 0.3 is 0 Å². The summed E-state index contributed by atoms with van der Waals surface area (Å²) in [4.78, 5) is 0. The van der Waals surface area contributed by atoms with Crippen molar-refractivity contribution in [3.63, 3.8) is 0 Å². The molecule has 0 aliphatic carbocycles. The fourth-order valence-electron chi connectivity index (χ4n) is 2.00. The first-order chi connectivity index (χ1) is 6.20. The third-order valence-corrected chi connectivity index (χ3v) is 2.69. The third-order valence-electron chi connectivity index (χ3n) is 2.69. The van der Waals surface area contributed by atoms with Crippen LogP contribution in [0.2, 0.25) is 0 Å². The summed E-state index contributed by atoms with van der Waals surface area (Å²) in [6.45, 7) is 8.57. The number of rotatable bonds is 1. The molecule has 13 heavy (non-hydrogen) atoms. The van der Waals surface area contributed by atoms with Gasteiger partial charge in [-0.25, -0.2) is 0 Å². The molecule has 1 aromatic rings. The van der Waals surface area contributed by atoms with Gasteiger partial charge < -0.3 is 5.32 Å². The summed E-state index contributed by atoms with van der Waals surface area (Å²) < 4.78 is 2.14. The molecule has 1 N–H and O–H groups in total. The lowest BCUT2D eigenvalue weighted by Gasteiger charge is -2.11. The lowest BCUT2D eigenvalue weighted by atomic mass is 10.1. The molecule has 0 spiro atoms. The van der Waals surface area contributed by atoms with Gasteiger partial charge in [-0.15, -0.1) is 0 Å². The summed E-state index contributed by atoms with van der Waals surface area (Å²) in [5, 5.41) is 7.95. The summed E-state index contributed by atoms with van der Waals surface area (Å²) in [7, 11) is 0. The average Bonchev–Trinajstić information content (AvgIpc) is 2.45. The molecule has 3 heteroatoms. The molecule has 0 atom stereocenters. The second kappa shape index (κ2) is 3.14. The number of hydrogen-bond acceptors (Lipinski definition) is 2. The molecule has 2 rings (SSSR count). The zero-order chi connectivity index (χ0) is 9.42. The van der Waals surface area contributed by atoms with Crippen molar-refractivity contribution >= 4 is 0 Å². The Kier molecular flexibility index (Phi) is 2.12. The first kappa shape index (κ1) is 8.75. The van der Waals surface area contributed by atoms with E-state index in [1.54, 1.807) is 0 Å². The fraction of sp³-hybridized carbons (Fsp3) is 0.700. The minimum absolute atomic E-state index is 0.477. The number of fused-ring (bicyclic) bond motifs is 1. The molecule has 0 saturated carbocycles. The van der Waals surface area contributed by atoms with Crippen LogP contribution >= 0.6 is 0 Å². The van der Waals surface area contributed by atoms with Crippen molar-refractivity contribution in [2.45, 2.75) is 39.8 Å². The van der Waals surface area contributed by atoms with Gasteiger partial charge in [0.25, 0.3) is 0 Å². The quantitative estimate of drug-likeness (QED) is 0.706. The van der Waals surface area contributed by atoms with E-state index in [-0.39, 0.29) is 0 Å². The van der Waals surface area contributed by atoms with Gasteiger partial charge in [0.05, 0.1) is 5.69 Å². The molecular formula is C10H17N3. The smallest absolute Gasteiger partial charge is 0.0797 e. The zero-order valence-electron chi connectivity index (χ0n) is 8.59. The number of nitrogens with one attached hydrogen (secondary N) is 1. The van der Waals surface area contributed by atoms with E-state index in [0.29, 0.717) is 6.04 Å². The second-order valence-corrected chi connectivity index (χ2v) is 3.98. The van der Waals surface area contributed by atoms with Crippen LogP contribution in [0.5, 0.6) is 0 Å². The highest BCUT2D eigenvalue weighted by atomic mass is 15.3. The van der Waals surface area contributed by atoms with Gasteiger partial charge in [0.15, 0.2) is 0 Å². The van der Waals surface area contributed by atoms with E-state index in [1.165, 1.54) is 17.0 Å². The Labute approximate surface area is 79.1 Å². The molecule has 0 fully saturated rings. The Morgan fingerprint density at radius 1 is 1.46 bits per heavy atom. The predicted octanol–water partition coefficient (Wildman–Crippen LogP) is 1.42. The van der Waals surface area contributed by atoms with Gasteiger partial charge in [0, 0.05) is 18.3 Å². The number of hydrogen-bond donors (Lipinski definition) is 1. The lowest BCUT2D eigenvalue weighted by molar-refractivity contribution is 0.511. The summed E-state index contributed by atoms with van der Waals surface area (Å²) in [5.74, 6) is 0. The topological polar surface area (TPSA) is 29.9 Å². The van der Waals surface area contributed by atoms with Gasteiger partial charge in [-0.2, -0.15) is 5.10 Å². The van der Waals surface area contributed by atoms with E-state index in [0.717, 1.165) is 19.5 Å². The van der Waals surface area contributed by atoms with Crippen LogP contribution in [0.3, 0.4) is 0 Å². The number of aromatic nitrogens is 2. The van der Waals surface area contributed by atoms with E-state index >= 15 is 0 Å². The monoisotopic (exact) mass is 179 g/mol. The maximum absolute atomic E-state index is 4.60. The maximum atomic E-state index is 4.60. The van der Waals surface area contributed by atoms with Crippen molar-refractivity contribution < 1.29 is 0 Å². The van der Waals surface area contributed by atoms with Crippen LogP contribution in [0.25, 0.3) is 0 Å². The van der Waals surface area contributed by atoms with Gasteiger partial charge in [0.2, 0.25) is 0 Å². The highest BCUT2D eigenvalue weighted by molar-refractivity contribution is 5.27. The Morgan fingerprint density at radius 3 is 2.85 bits per heavy atom. The molecule has 0 radical (unpaired) electrons. The molecule has 1 aliphatic heterocycles. The van der Waals surface area contributed by atoms with Crippen LogP contribution in [0.4, 0.5) is 0 Å². The Bertz CT molecular complexity index is 312. The Hall–Kier alpha value is -0.830. The highest BCUT2D eigenvalue weighted by Crippen LogP contribution is 2.19. The van der Waals surface area contributed by atoms with Crippen molar-refractivity contribution in [2.75, 3.05) is 6.54 Å². The first-order valence-electron chi connectivity index (χ1n) is 4.97. The summed E-state index contributed by atoms with van der Waals surface area (Å²) in [5.41, 5.74) is 4.07. The van der Waals surface area contributed by atoms with Crippen molar-refractivity contribution in [3.8, 4) is 0 Å². The first-order valence-corrected chi connectivity index (χ1v) is 4.97. The van der Waals surface area contributed by atoms with Gasteiger partial charge in [-0.1, -0.05) is 0 Å². The summed E-state index contributed by atoms with van der Waals surface area (Å²) in [6.07, 6.45) is 1.13. The van der Waals surface area contributed by atoms with Crippen LogP contribution in [0, 0.1) is 6.92 Å². The molecule has 0 bridgehead atoms. The second-order valence-electron chi connectivity index (χ2n) is 3.98. The molecule has 1 aliphatic rings. The Morgan fingerprint density at radius 2 is 2.23 bits per heavy atom. The van der Waals surface area contributed by atoms with Crippen LogP contribution in [0.15, 0.2) is 0 Å². The van der Waals surface area contributed by atoms with Crippen molar-refractivity contribution in [3.05, 3.63) is 17.0 Å². The molecule has 0 saturated heterocycles. The highest BCUT2D eigenvalue weighted by Gasteiger charge is 2.18. The van der Waals surface area contributed by atoms with E-state index < -0.39 is 0 Å². The molecule has 3 nitrogen and oxygen atoms in total. The molecule has 2 heterocycles. The SMILES string of the molecule is Cc1c2c(nn1C(C)C)CNCC2. The van der Waals surface area contributed by atoms with Crippen LogP contribution in [-0.2, 0) is 13.0 Å². The molecule has 0 aromatic carbocycles. The van der Waals surface area contributed by atoms with Crippen molar-refractivity contribution in [1.82, 2.24) is 15.1 Å².